The minimum atomic E-state index is -1.48. The summed E-state index contributed by atoms with van der Waals surface area (Å²) in [5.41, 5.74) is 3.81. The molecule has 5 rings (SSSR count). The van der Waals surface area contributed by atoms with Crippen molar-refractivity contribution in [3.63, 3.8) is 0 Å². The summed E-state index contributed by atoms with van der Waals surface area (Å²) in [6, 6.07) is 17.3. The second-order valence-corrected chi connectivity index (χ2v) is 9.63. The van der Waals surface area contributed by atoms with Gasteiger partial charge in [-0.15, -0.1) is 10.2 Å². The second kappa shape index (κ2) is 9.77. The fourth-order valence-electron chi connectivity index (χ4n) is 3.67. The van der Waals surface area contributed by atoms with Gasteiger partial charge in [0.25, 0.3) is 0 Å². The highest BCUT2D eigenvalue weighted by molar-refractivity contribution is 7.86. The number of methoxy groups -OCH3 is 1. The zero-order valence-corrected chi connectivity index (χ0v) is 20.3. The van der Waals surface area contributed by atoms with E-state index in [2.05, 4.69) is 19.9 Å². The summed E-state index contributed by atoms with van der Waals surface area (Å²) >= 11 is 1.28. The number of nitrogens with one attached hydrogen (secondary N) is 1. The van der Waals surface area contributed by atoms with E-state index in [1.165, 1.54) is 23.5 Å². The van der Waals surface area contributed by atoms with Crippen molar-refractivity contribution in [1.29, 1.82) is 0 Å². The third-order valence-corrected chi connectivity index (χ3v) is 6.97. The van der Waals surface area contributed by atoms with Crippen molar-refractivity contribution in [2.45, 2.75) is 11.8 Å². The predicted molar refractivity (Wildman–Crippen MR) is 135 cm³/mol. The number of aromatic nitrogens is 3. The van der Waals surface area contributed by atoms with Crippen molar-refractivity contribution in [3.05, 3.63) is 83.8 Å². The number of nitrogens with zero attached hydrogens (tertiary/aromatic N) is 3. The molecule has 0 saturated heterocycles. The van der Waals surface area contributed by atoms with Gasteiger partial charge in [0.05, 0.1) is 17.7 Å². The molecule has 2 aromatic heterocycles. The van der Waals surface area contributed by atoms with Gasteiger partial charge in [-0.05, 0) is 60.3 Å². The molecular formula is C25H19FN4O3S2. The average molecular weight is 507 g/mol. The number of aryl methyl sites for hydroxylation is 1. The first kappa shape index (κ1) is 22.9. The number of benzene rings is 3. The average Bonchev–Trinajstić information content (AvgIpc) is 3.35. The Labute approximate surface area is 207 Å². The highest BCUT2D eigenvalue weighted by Gasteiger charge is 2.15. The van der Waals surface area contributed by atoms with Crippen molar-refractivity contribution in [2.24, 2.45) is 0 Å². The van der Waals surface area contributed by atoms with Gasteiger partial charge in [-0.2, -0.15) is 0 Å². The molecule has 0 saturated carbocycles. The van der Waals surface area contributed by atoms with Gasteiger partial charge in [-0.1, -0.05) is 17.4 Å². The van der Waals surface area contributed by atoms with E-state index in [-0.39, 0.29) is 5.82 Å². The Morgan fingerprint density at radius 2 is 1.91 bits per heavy atom. The first-order valence-electron chi connectivity index (χ1n) is 10.5. The predicted octanol–water partition coefficient (Wildman–Crippen LogP) is 6.14. The lowest BCUT2D eigenvalue weighted by atomic mass is 10.0. The third kappa shape index (κ3) is 4.98. The number of anilines is 1. The van der Waals surface area contributed by atoms with E-state index in [1.54, 1.807) is 50.0 Å². The molecule has 0 aliphatic carbocycles. The minimum Gasteiger partial charge on any atom is -0.496 e. The molecule has 10 heteroatoms. The number of pyridine rings is 1. The molecule has 1 unspecified atom stereocenters. The van der Waals surface area contributed by atoms with Gasteiger partial charge in [-0.25, -0.2) is 8.60 Å². The van der Waals surface area contributed by atoms with Crippen LogP contribution in [0, 0.1) is 12.7 Å². The summed E-state index contributed by atoms with van der Waals surface area (Å²) in [6.07, 6.45) is 1.70. The fourth-order valence-corrected chi connectivity index (χ4v) is 5.12. The molecule has 0 fully saturated rings. The number of hydrogen-bond acceptors (Lipinski definition) is 7. The highest BCUT2D eigenvalue weighted by atomic mass is 32.2. The first-order chi connectivity index (χ1) is 17.0. The minimum absolute atomic E-state index is 0.359. The lowest BCUT2D eigenvalue weighted by Gasteiger charge is -2.14. The molecule has 3 aromatic carbocycles. The van der Waals surface area contributed by atoms with Crippen LogP contribution in [0.1, 0.15) is 5.56 Å². The van der Waals surface area contributed by atoms with Crippen LogP contribution >= 0.6 is 11.3 Å². The zero-order chi connectivity index (χ0) is 24.4. The van der Waals surface area contributed by atoms with Crippen molar-refractivity contribution in [1.82, 2.24) is 15.2 Å². The molecule has 1 N–H and O–H groups in total. The van der Waals surface area contributed by atoms with Crippen molar-refractivity contribution < 1.29 is 18.1 Å². The van der Waals surface area contributed by atoms with Crippen LogP contribution in [0.15, 0.2) is 77.3 Å². The quantitative estimate of drug-likeness (QED) is 0.286. The van der Waals surface area contributed by atoms with Crippen molar-refractivity contribution >= 4 is 38.2 Å². The van der Waals surface area contributed by atoms with Crippen LogP contribution in [0.4, 0.5) is 9.52 Å². The Morgan fingerprint density at radius 1 is 1.03 bits per heavy atom. The molecule has 0 bridgehead atoms. The maximum absolute atomic E-state index is 13.7. The lowest BCUT2D eigenvalue weighted by Crippen LogP contribution is -2.04. The standard InChI is InChI=1S/C25H19FN4O3S2/c1-15-9-17(26)12-19(10-15)33-18-3-5-22(23(13-18)32-2)24-21-6-4-20(11-16(21)7-8-27-24)35(31)30-25-29-28-14-34-25/h3-14H,1-2H3,(H,29,30). The molecule has 7 nitrogen and oxygen atoms in total. The summed E-state index contributed by atoms with van der Waals surface area (Å²) in [5.74, 6) is 1.11. The molecular weight excluding hydrogens is 487 g/mol. The Morgan fingerprint density at radius 3 is 2.69 bits per heavy atom. The summed E-state index contributed by atoms with van der Waals surface area (Å²) in [6.45, 7) is 1.80. The molecule has 0 amide bonds. The normalized spacial score (nSPS) is 11.9. The van der Waals surface area contributed by atoms with Crippen LogP contribution in [0.3, 0.4) is 0 Å². The molecule has 1 atom stereocenters. The zero-order valence-electron chi connectivity index (χ0n) is 18.7. The third-order valence-electron chi connectivity index (χ3n) is 5.17. The second-order valence-electron chi connectivity index (χ2n) is 7.59. The topological polar surface area (TPSA) is 86.2 Å². The molecule has 35 heavy (non-hydrogen) atoms. The van der Waals surface area contributed by atoms with Crippen molar-refractivity contribution in [3.8, 4) is 28.5 Å². The largest absolute Gasteiger partial charge is 0.496 e. The van der Waals surface area contributed by atoms with Crippen LogP contribution < -0.4 is 14.2 Å². The molecule has 0 radical (unpaired) electrons. The maximum Gasteiger partial charge on any atom is 0.217 e. The number of fused-ring (bicyclic) bond motifs is 1. The van der Waals surface area contributed by atoms with Gasteiger partial charge >= 0.3 is 0 Å². The molecule has 5 aromatic rings. The molecule has 2 heterocycles. The van der Waals surface area contributed by atoms with Gasteiger partial charge in [0, 0.05) is 29.3 Å². The SMILES string of the molecule is COc1cc(Oc2cc(C)cc(F)c2)ccc1-c1nccc2cc(S(=O)Nc3nncs3)ccc12. The monoisotopic (exact) mass is 506 g/mol. The van der Waals surface area contributed by atoms with Crippen LogP contribution in [-0.2, 0) is 11.0 Å². The van der Waals surface area contributed by atoms with Gasteiger partial charge in [-0.3, -0.25) is 9.71 Å². The van der Waals surface area contributed by atoms with Gasteiger partial charge < -0.3 is 9.47 Å². The van der Waals surface area contributed by atoms with Gasteiger partial charge in [0.2, 0.25) is 5.13 Å². The maximum atomic E-state index is 13.7. The van der Waals surface area contributed by atoms with E-state index in [4.69, 9.17) is 9.47 Å². The number of hydrogen-bond donors (Lipinski definition) is 1. The van der Waals surface area contributed by atoms with Crippen molar-refractivity contribution in [2.75, 3.05) is 11.8 Å². The molecule has 0 spiro atoms. The van der Waals surface area contributed by atoms with Gasteiger partial charge in [0.1, 0.15) is 28.6 Å². The van der Waals surface area contributed by atoms with Crippen LogP contribution in [0.2, 0.25) is 0 Å². The van der Waals surface area contributed by atoms with Crippen LogP contribution in [-0.4, -0.2) is 26.5 Å². The Bertz CT molecular complexity index is 1520. The lowest BCUT2D eigenvalue weighted by molar-refractivity contribution is 0.410. The van der Waals surface area contributed by atoms with E-state index in [1.807, 2.05) is 24.3 Å². The van der Waals surface area contributed by atoms with E-state index >= 15 is 0 Å². The van der Waals surface area contributed by atoms with Crippen LogP contribution in [0.5, 0.6) is 17.2 Å². The molecule has 176 valence electrons. The van der Waals surface area contributed by atoms with E-state index in [0.717, 1.165) is 21.9 Å². The van der Waals surface area contributed by atoms with E-state index in [0.29, 0.717) is 33.0 Å². The number of halogens is 1. The van der Waals surface area contributed by atoms with E-state index < -0.39 is 11.0 Å². The summed E-state index contributed by atoms with van der Waals surface area (Å²) in [4.78, 5) is 5.18. The number of rotatable bonds is 7. The Kier molecular flexibility index (Phi) is 6.39. The first-order valence-corrected chi connectivity index (χ1v) is 12.5. The van der Waals surface area contributed by atoms with E-state index in [9.17, 15) is 8.60 Å². The fraction of sp³-hybridized carbons (Fsp3) is 0.0800. The van der Waals surface area contributed by atoms with Gasteiger partial charge in [0.15, 0.2) is 11.0 Å². The summed E-state index contributed by atoms with van der Waals surface area (Å²) < 4.78 is 40.8. The highest BCUT2D eigenvalue weighted by Crippen LogP contribution is 2.37. The molecule has 0 aliphatic rings. The number of ether oxygens (including phenoxy) is 2. The Hall–Kier alpha value is -3.89. The summed E-state index contributed by atoms with van der Waals surface area (Å²) in [7, 11) is 0.0875. The van der Waals surface area contributed by atoms with Crippen LogP contribution in [0.25, 0.3) is 22.0 Å². The molecule has 0 aliphatic heterocycles. The Balaban J connectivity index is 1.47. The smallest absolute Gasteiger partial charge is 0.217 e. The summed E-state index contributed by atoms with van der Waals surface area (Å²) in [5, 5.41) is 9.84.